The number of rotatable bonds is 21. The van der Waals surface area contributed by atoms with Crippen LogP contribution in [-0.2, 0) is 35.1 Å². The molecular weight excluding hydrogens is 707 g/mol. The maximum atomic E-state index is 14.1. The minimum Gasteiger partial charge on any atom is -0.494 e. The van der Waals surface area contributed by atoms with Gasteiger partial charge in [-0.25, -0.2) is 9.59 Å². The van der Waals surface area contributed by atoms with E-state index in [1.54, 1.807) is 29.2 Å². The number of nitrogens with two attached hydrogens (primary N) is 4. The molecule has 0 aliphatic carbocycles. The number of ether oxygens (including phenoxy) is 2. The summed E-state index contributed by atoms with van der Waals surface area (Å²) in [5.74, 6) is -4.87. The summed E-state index contributed by atoms with van der Waals surface area (Å²) >= 11 is 4.02. The van der Waals surface area contributed by atoms with Gasteiger partial charge in [0.25, 0.3) is 5.91 Å². The summed E-state index contributed by atoms with van der Waals surface area (Å²) in [6.07, 6.45) is 4.30. The number of Topliss-reactive ketones (excluding diaryl/α,β-unsaturated/α-hetero) is 1. The van der Waals surface area contributed by atoms with Crippen molar-refractivity contribution in [2.75, 3.05) is 45.1 Å². The van der Waals surface area contributed by atoms with Crippen LogP contribution in [0.2, 0.25) is 0 Å². The highest BCUT2D eigenvalue weighted by molar-refractivity contribution is 7.80. The predicted octanol–water partition coefficient (Wildman–Crippen LogP) is 0.961. The van der Waals surface area contributed by atoms with Gasteiger partial charge >= 0.3 is 12.1 Å². The van der Waals surface area contributed by atoms with Crippen molar-refractivity contribution in [3.05, 3.63) is 29.8 Å². The number of amides is 4. The molecule has 1 aromatic rings. The number of carboxylic acids is 1. The number of unbranched alkanes of at least 4 members (excludes halogenated alkanes) is 2. The van der Waals surface area contributed by atoms with E-state index in [9.17, 15) is 33.9 Å². The number of thiol groups is 1. The molecule has 1 aliphatic rings. The fraction of sp³-hybridized carbons (Fsp3) is 0.667. The van der Waals surface area contributed by atoms with Crippen LogP contribution < -0.4 is 33.0 Å². The molecule has 0 saturated carbocycles. The van der Waals surface area contributed by atoms with Gasteiger partial charge < -0.3 is 47.7 Å². The number of ketones is 1. The number of carbonyl (C=O) groups excluding carboxylic acids is 5. The van der Waals surface area contributed by atoms with Crippen molar-refractivity contribution < 1.29 is 43.3 Å². The van der Waals surface area contributed by atoms with Crippen LogP contribution in [0.1, 0.15) is 77.7 Å². The number of imide groups is 1. The molecule has 3 atom stereocenters. The lowest BCUT2D eigenvalue weighted by Gasteiger charge is -2.41. The smallest absolute Gasteiger partial charge is 0.410 e. The number of benzene rings is 1. The van der Waals surface area contributed by atoms with E-state index in [4.69, 9.17) is 32.4 Å². The van der Waals surface area contributed by atoms with E-state index >= 15 is 0 Å². The van der Waals surface area contributed by atoms with E-state index in [0.717, 1.165) is 32.1 Å². The Morgan fingerprint density at radius 2 is 1.62 bits per heavy atom. The largest absolute Gasteiger partial charge is 0.494 e. The first kappa shape index (κ1) is 45.4. The normalized spacial score (nSPS) is 15.8. The number of carboxylic acid groups (broad SMARTS) is 1. The van der Waals surface area contributed by atoms with Crippen molar-refractivity contribution in [2.24, 2.45) is 28.9 Å². The van der Waals surface area contributed by atoms with Crippen LogP contribution in [-0.4, -0.2) is 119 Å². The molecule has 1 aliphatic heterocycles. The van der Waals surface area contributed by atoms with Crippen LogP contribution in [0.3, 0.4) is 0 Å². The second-order valence-electron chi connectivity index (χ2n) is 14.3. The molecule has 1 heterocycles. The van der Waals surface area contributed by atoms with Crippen LogP contribution >= 0.6 is 12.6 Å². The van der Waals surface area contributed by atoms with Crippen LogP contribution in [0, 0.1) is 5.92 Å². The van der Waals surface area contributed by atoms with Gasteiger partial charge in [-0.05, 0) is 95.9 Å². The third-order valence-corrected chi connectivity index (χ3v) is 9.46. The highest BCUT2D eigenvalue weighted by atomic mass is 32.1. The Hall–Kier alpha value is -3.77. The van der Waals surface area contributed by atoms with Gasteiger partial charge in [0, 0.05) is 25.3 Å². The number of nitrogens with one attached hydrogen (secondary N) is 1. The molecule has 0 bridgehead atoms. The number of hydrogen-bond donors (Lipinski definition) is 7. The Balaban J connectivity index is 2.07. The summed E-state index contributed by atoms with van der Waals surface area (Å²) in [6, 6.07) is 3.76. The summed E-state index contributed by atoms with van der Waals surface area (Å²) < 4.78 is 11.4. The molecule has 16 nitrogen and oxygen atoms in total. The average Bonchev–Trinajstić information content (AvgIpc) is 3.12. The molecule has 1 aromatic carbocycles. The second-order valence-corrected chi connectivity index (χ2v) is 14.6. The number of hydrogen-bond acceptors (Lipinski definition) is 13. The zero-order valence-electron chi connectivity index (χ0n) is 31.2. The molecule has 2 rings (SSSR count). The van der Waals surface area contributed by atoms with E-state index in [1.165, 1.54) is 0 Å². The monoisotopic (exact) mass is 765 g/mol. The van der Waals surface area contributed by atoms with Crippen LogP contribution in [0.15, 0.2) is 24.3 Å². The highest BCUT2D eigenvalue weighted by Crippen LogP contribution is 2.28. The topological polar surface area (TPSA) is 264 Å². The molecule has 53 heavy (non-hydrogen) atoms. The molecule has 1 saturated heterocycles. The Morgan fingerprint density at radius 1 is 0.981 bits per heavy atom. The van der Waals surface area contributed by atoms with E-state index in [2.05, 4.69) is 17.9 Å². The zero-order chi connectivity index (χ0) is 39.8. The van der Waals surface area contributed by atoms with Crippen molar-refractivity contribution in [3.8, 4) is 5.75 Å². The van der Waals surface area contributed by atoms with Crippen LogP contribution in [0.5, 0.6) is 5.75 Å². The summed E-state index contributed by atoms with van der Waals surface area (Å²) in [7, 11) is 0. The number of carbonyl (C=O) groups is 6. The Bertz CT molecular complexity index is 1380. The van der Waals surface area contributed by atoms with Crippen LogP contribution in [0.25, 0.3) is 0 Å². The Kier molecular flexibility index (Phi) is 18.7. The average molecular weight is 766 g/mol. The molecular formula is C36H59N7O9S. The van der Waals surface area contributed by atoms with Gasteiger partial charge in [-0.2, -0.15) is 12.6 Å². The van der Waals surface area contributed by atoms with E-state index < -0.39 is 65.8 Å². The minimum absolute atomic E-state index is 0.113. The summed E-state index contributed by atoms with van der Waals surface area (Å²) in [4.78, 5) is 81.1. The van der Waals surface area contributed by atoms with Gasteiger partial charge in [0.1, 0.15) is 17.4 Å². The lowest BCUT2D eigenvalue weighted by molar-refractivity contribution is -0.165. The molecule has 0 radical (unpaired) electrons. The first-order valence-electron chi connectivity index (χ1n) is 18.1. The van der Waals surface area contributed by atoms with E-state index in [-0.39, 0.29) is 37.7 Å². The van der Waals surface area contributed by atoms with Gasteiger partial charge in [-0.1, -0.05) is 18.6 Å². The molecule has 0 spiro atoms. The summed E-state index contributed by atoms with van der Waals surface area (Å²) in [5.41, 5.74) is 20.3. The van der Waals surface area contributed by atoms with E-state index in [0.29, 0.717) is 48.2 Å². The van der Waals surface area contributed by atoms with Crippen molar-refractivity contribution in [1.29, 1.82) is 0 Å². The maximum Gasteiger partial charge on any atom is 0.410 e. The van der Waals surface area contributed by atoms with Crippen molar-refractivity contribution in [1.82, 2.24) is 15.1 Å². The van der Waals surface area contributed by atoms with Gasteiger partial charge in [-0.15, -0.1) is 0 Å². The lowest BCUT2D eigenvalue weighted by Crippen LogP contribution is -2.71. The molecule has 298 valence electrons. The van der Waals surface area contributed by atoms with Gasteiger partial charge in [-0.3, -0.25) is 24.1 Å². The standard InChI is InChI=1S/C36H59N7O9S/c1-35(2,3)52-34(50)42-17-13-24(14-18-42)8-4-7-19-51-26-11-9-25(10-12-26)20-28(32(47)48)41-33(49)36(29(44)21-38,15-5-6-16-37)43(30(45)22-39)31(46)27(40)23-53/h9-12,24,27-28,53H,4-8,13-23,37-40H2,1-3H3,(H,41,49)(H,47,48). The highest BCUT2D eigenvalue weighted by Gasteiger charge is 2.55. The van der Waals surface area contributed by atoms with Gasteiger partial charge in [0.15, 0.2) is 11.3 Å². The minimum atomic E-state index is -2.53. The summed E-state index contributed by atoms with van der Waals surface area (Å²) in [6.45, 7) is 6.12. The Labute approximate surface area is 317 Å². The number of likely N-dealkylation sites (tertiary alicyclic amines) is 1. The first-order valence-corrected chi connectivity index (χ1v) is 18.8. The zero-order valence-corrected chi connectivity index (χ0v) is 32.1. The summed E-state index contributed by atoms with van der Waals surface area (Å²) in [5, 5.41) is 12.5. The fourth-order valence-corrected chi connectivity index (χ4v) is 6.32. The van der Waals surface area contributed by atoms with E-state index in [1.807, 2.05) is 20.8 Å². The lowest BCUT2D eigenvalue weighted by atomic mass is 9.83. The van der Waals surface area contributed by atoms with Crippen molar-refractivity contribution >= 4 is 48.2 Å². The molecule has 3 unspecified atom stereocenters. The number of nitrogens with zero attached hydrogens (tertiary/aromatic N) is 2. The predicted molar refractivity (Wildman–Crippen MR) is 202 cm³/mol. The van der Waals surface area contributed by atoms with Gasteiger partial charge in [0.2, 0.25) is 11.8 Å². The number of piperidine rings is 1. The molecule has 10 N–H and O–H groups in total. The third-order valence-electron chi connectivity index (χ3n) is 9.06. The fourth-order valence-electron chi connectivity index (χ4n) is 6.16. The molecule has 0 aromatic heterocycles. The molecule has 1 fully saturated rings. The maximum absolute atomic E-state index is 14.1. The van der Waals surface area contributed by atoms with Gasteiger partial charge in [0.05, 0.1) is 25.7 Å². The molecule has 4 amide bonds. The quantitative estimate of drug-likeness (QED) is 0.0523. The van der Waals surface area contributed by atoms with Crippen molar-refractivity contribution in [2.45, 2.75) is 102 Å². The number of aliphatic carboxylic acids is 1. The third kappa shape index (κ3) is 13.5. The first-order chi connectivity index (χ1) is 25.0. The SMILES string of the molecule is CC(C)(C)OC(=O)N1CCC(CCCCOc2ccc(CC(NC(=O)C(CCCCN)(C(=O)CN)N(C(=O)CN)C(=O)C(N)CS)C(=O)O)cc2)CC1. The molecule has 17 heteroatoms. The Morgan fingerprint density at radius 3 is 2.15 bits per heavy atom. The second kappa shape index (κ2) is 21.8. The van der Waals surface area contributed by atoms with Crippen LogP contribution in [0.4, 0.5) is 4.79 Å². The van der Waals surface area contributed by atoms with Crippen molar-refractivity contribution in [3.63, 3.8) is 0 Å².